The van der Waals surface area contributed by atoms with Gasteiger partial charge in [-0.2, -0.15) is 15.0 Å². The molecule has 10 heteroatoms. The van der Waals surface area contributed by atoms with Crippen LogP contribution in [0.4, 0.5) is 0 Å². The quantitative estimate of drug-likeness (QED) is 0.487. The molecular formula is C21H19Cl4N5O. The summed E-state index contributed by atoms with van der Waals surface area (Å²) in [6.45, 7) is 1.64. The van der Waals surface area contributed by atoms with Gasteiger partial charge >= 0.3 is 0 Å². The molecule has 0 aliphatic carbocycles. The molecule has 0 atom stereocenters. The first-order chi connectivity index (χ1) is 14.9. The van der Waals surface area contributed by atoms with Gasteiger partial charge in [-0.1, -0.05) is 52.8 Å². The van der Waals surface area contributed by atoms with Crippen molar-refractivity contribution in [2.45, 2.75) is 25.8 Å². The SMILES string of the molecule is O=C(Cn1nc(-c2ccc(Cl)cc2Cl)c(-c2ccc(Cl)cc2Cl)n1)NN1CCCCC1. The first-order valence-electron chi connectivity index (χ1n) is 9.81. The molecule has 2 heterocycles. The van der Waals surface area contributed by atoms with Crippen molar-refractivity contribution in [1.82, 2.24) is 25.4 Å². The highest BCUT2D eigenvalue weighted by Gasteiger charge is 2.21. The van der Waals surface area contributed by atoms with Gasteiger partial charge in [0.15, 0.2) is 0 Å². The summed E-state index contributed by atoms with van der Waals surface area (Å²) in [5.74, 6) is -0.195. The van der Waals surface area contributed by atoms with E-state index in [-0.39, 0.29) is 12.5 Å². The largest absolute Gasteiger partial charge is 0.287 e. The molecule has 0 spiro atoms. The third-order valence-corrected chi connectivity index (χ3v) is 6.05. The maximum absolute atomic E-state index is 12.6. The fourth-order valence-corrected chi connectivity index (χ4v) is 4.49. The summed E-state index contributed by atoms with van der Waals surface area (Å²) in [5.41, 5.74) is 5.18. The number of carbonyl (C=O) groups excluding carboxylic acids is 1. The van der Waals surface area contributed by atoms with Gasteiger partial charge in [-0.3, -0.25) is 10.2 Å². The Morgan fingerprint density at radius 3 is 1.84 bits per heavy atom. The second-order valence-electron chi connectivity index (χ2n) is 7.26. The zero-order valence-electron chi connectivity index (χ0n) is 16.4. The fourth-order valence-electron chi connectivity index (χ4n) is 3.49. The number of nitrogens with zero attached hydrogens (tertiary/aromatic N) is 4. The highest BCUT2D eigenvalue weighted by Crippen LogP contribution is 2.38. The molecular weight excluding hydrogens is 480 g/mol. The number of halogens is 4. The van der Waals surface area contributed by atoms with Crippen LogP contribution < -0.4 is 5.43 Å². The van der Waals surface area contributed by atoms with Crippen LogP contribution in [0.15, 0.2) is 36.4 Å². The van der Waals surface area contributed by atoms with Crippen LogP contribution in [0.2, 0.25) is 20.1 Å². The normalized spacial score (nSPS) is 14.6. The van der Waals surface area contributed by atoms with Crippen molar-refractivity contribution in [2.75, 3.05) is 13.1 Å². The van der Waals surface area contributed by atoms with Gasteiger partial charge in [0.05, 0.1) is 10.0 Å². The highest BCUT2D eigenvalue weighted by molar-refractivity contribution is 6.37. The summed E-state index contributed by atoms with van der Waals surface area (Å²) < 4.78 is 0. The molecule has 1 fully saturated rings. The Morgan fingerprint density at radius 2 is 1.35 bits per heavy atom. The number of benzene rings is 2. The van der Waals surface area contributed by atoms with Gasteiger partial charge in [-0.25, -0.2) is 5.01 Å². The molecule has 31 heavy (non-hydrogen) atoms. The number of hydrogen-bond donors (Lipinski definition) is 1. The predicted octanol–water partition coefficient (Wildman–Crippen LogP) is 5.74. The van der Waals surface area contributed by atoms with E-state index < -0.39 is 0 Å². The number of nitrogens with one attached hydrogen (secondary N) is 1. The van der Waals surface area contributed by atoms with Crippen LogP contribution in [0.25, 0.3) is 22.5 Å². The average Bonchev–Trinajstić information content (AvgIpc) is 3.11. The van der Waals surface area contributed by atoms with E-state index in [1.807, 2.05) is 5.01 Å². The number of rotatable bonds is 5. The van der Waals surface area contributed by atoms with E-state index in [1.54, 1.807) is 36.4 Å². The van der Waals surface area contributed by atoms with Crippen molar-refractivity contribution >= 4 is 52.3 Å². The van der Waals surface area contributed by atoms with Crippen LogP contribution in [0.5, 0.6) is 0 Å². The number of amides is 1. The zero-order chi connectivity index (χ0) is 22.0. The van der Waals surface area contributed by atoms with E-state index in [2.05, 4.69) is 15.6 Å². The molecule has 1 aromatic heterocycles. The molecule has 162 valence electrons. The minimum atomic E-state index is -0.195. The minimum absolute atomic E-state index is 0.0417. The third-order valence-electron chi connectivity index (χ3n) is 4.95. The first kappa shape index (κ1) is 22.4. The Hall–Kier alpha value is -1.83. The van der Waals surface area contributed by atoms with Crippen LogP contribution in [-0.2, 0) is 11.3 Å². The first-order valence-corrected chi connectivity index (χ1v) is 11.3. The van der Waals surface area contributed by atoms with Crippen LogP contribution in [-0.4, -0.2) is 39.0 Å². The number of hydrazine groups is 1. The summed E-state index contributed by atoms with van der Waals surface area (Å²) in [5, 5.41) is 12.9. The van der Waals surface area contributed by atoms with Crippen molar-refractivity contribution in [3.63, 3.8) is 0 Å². The molecule has 6 nitrogen and oxygen atoms in total. The van der Waals surface area contributed by atoms with Crippen LogP contribution in [0.1, 0.15) is 19.3 Å². The lowest BCUT2D eigenvalue weighted by Crippen LogP contribution is -2.46. The predicted molar refractivity (Wildman–Crippen MR) is 125 cm³/mol. The molecule has 1 saturated heterocycles. The lowest BCUT2D eigenvalue weighted by Gasteiger charge is -2.26. The Bertz CT molecular complexity index is 1040. The number of piperidine rings is 1. The van der Waals surface area contributed by atoms with Crippen molar-refractivity contribution < 1.29 is 4.79 Å². The Morgan fingerprint density at radius 1 is 0.839 bits per heavy atom. The van der Waals surface area contributed by atoms with E-state index in [1.165, 1.54) is 11.2 Å². The second-order valence-corrected chi connectivity index (χ2v) is 8.95. The van der Waals surface area contributed by atoms with E-state index in [0.717, 1.165) is 25.9 Å². The number of aromatic nitrogens is 3. The summed E-state index contributed by atoms with van der Waals surface area (Å²) in [6.07, 6.45) is 3.32. The van der Waals surface area contributed by atoms with Crippen molar-refractivity contribution in [3.8, 4) is 22.5 Å². The molecule has 4 rings (SSSR count). The smallest absolute Gasteiger partial charge is 0.257 e. The summed E-state index contributed by atoms with van der Waals surface area (Å²) in [7, 11) is 0. The Kier molecular flexibility index (Phi) is 7.04. The monoisotopic (exact) mass is 497 g/mol. The minimum Gasteiger partial charge on any atom is -0.287 e. The van der Waals surface area contributed by atoms with Gasteiger partial charge < -0.3 is 0 Å². The maximum Gasteiger partial charge on any atom is 0.257 e. The van der Waals surface area contributed by atoms with Gasteiger partial charge in [0.1, 0.15) is 17.9 Å². The lowest BCUT2D eigenvalue weighted by atomic mass is 10.0. The zero-order valence-corrected chi connectivity index (χ0v) is 19.4. The number of hydrogen-bond acceptors (Lipinski definition) is 4. The van der Waals surface area contributed by atoms with Crippen LogP contribution in [0, 0.1) is 0 Å². The van der Waals surface area contributed by atoms with Gasteiger partial charge in [0, 0.05) is 34.3 Å². The molecule has 0 bridgehead atoms. The van der Waals surface area contributed by atoms with E-state index in [4.69, 9.17) is 46.4 Å². The van der Waals surface area contributed by atoms with Gasteiger partial charge in [0.25, 0.3) is 5.91 Å². The average molecular weight is 499 g/mol. The third kappa shape index (κ3) is 5.33. The molecule has 1 amide bonds. The van der Waals surface area contributed by atoms with Gasteiger partial charge in [0.2, 0.25) is 0 Å². The Balaban J connectivity index is 1.69. The molecule has 1 N–H and O–H groups in total. The molecule has 0 radical (unpaired) electrons. The van der Waals surface area contributed by atoms with E-state index in [0.29, 0.717) is 42.6 Å². The highest BCUT2D eigenvalue weighted by atomic mass is 35.5. The van der Waals surface area contributed by atoms with Gasteiger partial charge in [-0.05, 0) is 49.2 Å². The van der Waals surface area contributed by atoms with Gasteiger partial charge in [-0.15, -0.1) is 0 Å². The molecule has 1 aliphatic heterocycles. The topological polar surface area (TPSA) is 63.1 Å². The van der Waals surface area contributed by atoms with Crippen LogP contribution >= 0.6 is 46.4 Å². The van der Waals surface area contributed by atoms with Crippen LogP contribution in [0.3, 0.4) is 0 Å². The van der Waals surface area contributed by atoms with E-state index in [9.17, 15) is 4.79 Å². The van der Waals surface area contributed by atoms with Crippen molar-refractivity contribution in [2.24, 2.45) is 0 Å². The molecule has 2 aromatic carbocycles. The molecule has 3 aromatic rings. The second kappa shape index (κ2) is 9.76. The summed E-state index contributed by atoms with van der Waals surface area (Å²) >= 11 is 25.0. The standard InChI is InChI=1S/C21H19Cl4N5O/c22-13-4-6-15(17(24)10-13)20-21(16-7-5-14(23)11-18(16)25)28-30(27-20)12-19(31)26-29-8-2-1-3-9-29/h4-7,10-11H,1-3,8-9,12H2,(H,26,31). The van der Waals surface area contributed by atoms with E-state index >= 15 is 0 Å². The van der Waals surface area contributed by atoms with Crippen molar-refractivity contribution in [3.05, 3.63) is 56.5 Å². The molecule has 1 aliphatic rings. The maximum atomic E-state index is 12.6. The number of carbonyl (C=O) groups is 1. The molecule has 0 saturated carbocycles. The fraction of sp³-hybridized carbons (Fsp3) is 0.286. The summed E-state index contributed by atoms with van der Waals surface area (Å²) in [4.78, 5) is 13.9. The molecule has 0 unspecified atom stereocenters. The Labute approximate surface area is 200 Å². The van der Waals surface area contributed by atoms with Crippen molar-refractivity contribution in [1.29, 1.82) is 0 Å². The summed E-state index contributed by atoms with van der Waals surface area (Å²) in [6, 6.07) is 10.2. The lowest BCUT2D eigenvalue weighted by molar-refractivity contribution is -0.127.